The third kappa shape index (κ3) is 3.46. The molecule has 4 nitrogen and oxygen atoms in total. The fraction of sp³-hybridized carbons (Fsp3) is 0.136. The molecule has 1 amide bonds. The van der Waals surface area contributed by atoms with Crippen molar-refractivity contribution >= 4 is 33.3 Å². The Morgan fingerprint density at radius 2 is 1.70 bits per heavy atom. The Morgan fingerprint density at radius 1 is 0.963 bits per heavy atom. The summed E-state index contributed by atoms with van der Waals surface area (Å²) in [5.74, 6) is 0.447. The monoisotopic (exact) mass is 373 g/mol. The summed E-state index contributed by atoms with van der Waals surface area (Å²) >= 11 is 1.63. The maximum atomic E-state index is 12.7. The lowest BCUT2D eigenvalue weighted by atomic mass is 9.84. The zero-order chi connectivity index (χ0) is 18.9. The number of anilines is 1. The third-order valence-corrected chi connectivity index (χ3v) is 5.69. The van der Waals surface area contributed by atoms with E-state index in [0.29, 0.717) is 5.82 Å². The Balaban J connectivity index is 1.53. The average molecular weight is 373 g/mol. The van der Waals surface area contributed by atoms with Crippen LogP contribution in [0.4, 0.5) is 5.82 Å². The number of thiazole rings is 1. The molecule has 1 N–H and O–H groups in total. The molecule has 2 aromatic carbocycles. The van der Waals surface area contributed by atoms with Gasteiger partial charge in [-0.2, -0.15) is 0 Å². The topological polar surface area (TPSA) is 54.9 Å². The van der Waals surface area contributed by atoms with Crippen molar-refractivity contribution in [2.24, 2.45) is 0 Å². The van der Waals surface area contributed by atoms with Crippen LogP contribution >= 0.6 is 11.3 Å². The summed E-state index contributed by atoms with van der Waals surface area (Å²) in [5, 5.41) is 3.84. The van der Waals surface area contributed by atoms with E-state index in [1.54, 1.807) is 17.5 Å². The minimum absolute atomic E-state index is 0.0889. The van der Waals surface area contributed by atoms with Crippen LogP contribution in [0.5, 0.6) is 0 Å². The smallest absolute Gasteiger partial charge is 0.235 e. The Kier molecular flexibility index (Phi) is 4.46. The minimum Gasteiger partial charge on any atom is -0.310 e. The highest BCUT2D eigenvalue weighted by molar-refractivity contribution is 7.21. The highest BCUT2D eigenvalue weighted by atomic mass is 32.1. The van der Waals surface area contributed by atoms with E-state index in [0.717, 1.165) is 26.4 Å². The molecule has 0 saturated heterocycles. The summed E-state index contributed by atoms with van der Waals surface area (Å²) in [5.41, 5.74) is 2.25. The number of fused-ring (bicyclic) bond motifs is 1. The Morgan fingerprint density at radius 3 is 2.41 bits per heavy atom. The zero-order valence-corrected chi connectivity index (χ0v) is 16.0. The van der Waals surface area contributed by atoms with E-state index in [1.165, 1.54) is 0 Å². The van der Waals surface area contributed by atoms with Gasteiger partial charge in [0.1, 0.15) is 10.8 Å². The van der Waals surface area contributed by atoms with E-state index in [9.17, 15) is 4.79 Å². The Labute approximate surface area is 161 Å². The second-order valence-electron chi connectivity index (χ2n) is 6.86. The lowest BCUT2D eigenvalue weighted by Gasteiger charge is -2.23. The molecule has 5 heteroatoms. The highest BCUT2D eigenvalue weighted by Gasteiger charge is 2.29. The number of para-hydroxylation sites is 1. The van der Waals surface area contributed by atoms with Gasteiger partial charge >= 0.3 is 0 Å². The summed E-state index contributed by atoms with van der Waals surface area (Å²) in [6, 6.07) is 21.6. The molecule has 0 aliphatic carbocycles. The normalized spacial score (nSPS) is 11.5. The summed E-state index contributed by atoms with van der Waals surface area (Å²) in [7, 11) is 0. The van der Waals surface area contributed by atoms with Crippen LogP contribution in [0.15, 0.2) is 72.9 Å². The number of carbonyl (C=O) groups is 1. The van der Waals surface area contributed by atoms with Crippen molar-refractivity contribution in [1.29, 1.82) is 0 Å². The fourth-order valence-corrected chi connectivity index (χ4v) is 3.80. The van der Waals surface area contributed by atoms with Crippen LogP contribution in [0.3, 0.4) is 0 Å². The lowest BCUT2D eigenvalue weighted by Crippen LogP contribution is -2.34. The zero-order valence-electron chi connectivity index (χ0n) is 15.1. The van der Waals surface area contributed by atoms with Gasteiger partial charge in [-0.25, -0.2) is 9.97 Å². The quantitative estimate of drug-likeness (QED) is 0.530. The maximum absolute atomic E-state index is 12.7. The largest absolute Gasteiger partial charge is 0.310 e. The van der Waals surface area contributed by atoms with Gasteiger partial charge in [-0.1, -0.05) is 42.5 Å². The number of nitrogens with one attached hydrogen (secondary N) is 1. The number of rotatable bonds is 4. The Bertz CT molecular complexity index is 1050. The minimum atomic E-state index is -0.644. The van der Waals surface area contributed by atoms with E-state index in [-0.39, 0.29) is 5.91 Å². The summed E-state index contributed by atoms with van der Waals surface area (Å²) in [6.07, 6.45) is 1.75. The van der Waals surface area contributed by atoms with Crippen molar-refractivity contribution in [3.8, 4) is 10.6 Å². The number of aromatic nitrogens is 2. The molecule has 134 valence electrons. The van der Waals surface area contributed by atoms with E-state index in [2.05, 4.69) is 21.4 Å². The molecule has 0 aliphatic rings. The molecule has 0 radical (unpaired) electrons. The molecule has 2 aromatic heterocycles. The SMILES string of the molecule is CC(C)(C(=O)Nc1ccc(-c2nc3ccccc3s2)cn1)c1ccccc1. The van der Waals surface area contributed by atoms with Gasteiger partial charge in [0.15, 0.2) is 0 Å². The van der Waals surface area contributed by atoms with Gasteiger partial charge in [0.05, 0.1) is 15.6 Å². The van der Waals surface area contributed by atoms with E-state index in [1.807, 2.05) is 74.5 Å². The first kappa shape index (κ1) is 17.4. The highest BCUT2D eigenvalue weighted by Crippen LogP contribution is 2.30. The first-order valence-electron chi connectivity index (χ1n) is 8.73. The fourth-order valence-electron chi connectivity index (χ4n) is 2.85. The molecule has 0 bridgehead atoms. The van der Waals surface area contributed by atoms with Gasteiger partial charge in [0.25, 0.3) is 0 Å². The second kappa shape index (κ2) is 6.93. The van der Waals surface area contributed by atoms with Gasteiger partial charge in [-0.3, -0.25) is 4.79 Å². The van der Waals surface area contributed by atoms with Crippen LogP contribution in [0.2, 0.25) is 0 Å². The molecule has 4 aromatic rings. The summed E-state index contributed by atoms with van der Waals surface area (Å²) < 4.78 is 1.15. The van der Waals surface area contributed by atoms with Crippen LogP contribution in [0.25, 0.3) is 20.8 Å². The van der Waals surface area contributed by atoms with Gasteiger partial charge in [-0.15, -0.1) is 11.3 Å². The standard InChI is InChI=1S/C22H19N3OS/c1-22(2,16-8-4-3-5-9-16)21(26)25-19-13-12-15(14-23-19)20-24-17-10-6-7-11-18(17)27-20/h3-14H,1-2H3,(H,23,25,26). The average Bonchev–Trinajstić information content (AvgIpc) is 3.13. The molecule has 0 spiro atoms. The van der Waals surface area contributed by atoms with E-state index in [4.69, 9.17) is 0 Å². The van der Waals surface area contributed by atoms with Gasteiger partial charge in [0.2, 0.25) is 5.91 Å². The van der Waals surface area contributed by atoms with Crippen LogP contribution in [-0.2, 0) is 10.2 Å². The van der Waals surface area contributed by atoms with Crippen molar-refractivity contribution in [2.75, 3.05) is 5.32 Å². The second-order valence-corrected chi connectivity index (χ2v) is 7.89. The van der Waals surface area contributed by atoms with Crippen molar-refractivity contribution in [3.63, 3.8) is 0 Å². The number of amides is 1. The van der Waals surface area contributed by atoms with Gasteiger partial charge in [0, 0.05) is 11.8 Å². The van der Waals surface area contributed by atoms with Crippen LogP contribution in [0, 0.1) is 0 Å². The number of nitrogens with zero attached hydrogens (tertiary/aromatic N) is 2. The van der Waals surface area contributed by atoms with Gasteiger partial charge in [-0.05, 0) is 43.7 Å². The van der Waals surface area contributed by atoms with Gasteiger partial charge < -0.3 is 5.32 Å². The molecule has 0 atom stereocenters. The van der Waals surface area contributed by atoms with Crippen molar-refractivity contribution in [1.82, 2.24) is 9.97 Å². The van der Waals surface area contributed by atoms with Crippen LogP contribution < -0.4 is 5.32 Å². The summed E-state index contributed by atoms with van der Waals surface area (Å²) in [6.45, 7) is 3.82. The number of carbonyl (C=O) groups excluding carboxylic acids is 1. The predicted octanol–water partition coefficient (Wildman–Crippen LogP) is 5.27. The van der Waals surface area contributed by atoms with Crippen LogP contribution in [0.1, 0.15) is 19.4 Å². The lowest BCUT2D eigenvalue weighted by molar-refractivity contribution is -0.120. The van der Waals surface area contributed by atoms with Crippen molar-refractivity contribution < 1.29 is 4.79 Å². The number of hydrogen-bond donors (Lipinski definition) is 1. The molecule has 4 rings (SSSR count). The molecule has 0 fully saturated rings. The molecule has 0 saturated carbocycles. The first-order valence-corrected chi connectivity index (χ1v) is 9.55. The molecule has 0 aliphatic heterocycles. The molecule has 2 heterocycles. The molecule has 27 heavy (non-hydrogen) atoms. The van der Waals surface area contributed by atoms with Crippen LogP contribution in [-0.4, -0.2) is 15.9 Å². The summed E-state index contributed by atoms with van der Waals surface area (Å²) in [4.78, 5) is 21.8. The maximum Gasteiger partial charge on any atom is 0.235 e. The Hall–Kier alpha value is -3.05. The van der Waals surface area contributed by atoms with Crippen molar-refractivity contribution in [3.05, 3.63) is 78.5 Å². The first-order chi connectivity index (χ1) is 13.0. The molecular weight excluding hydrogens is 354 g/mol. The number of benzene rings is 2. The molecule has 0 unspecified atom stereocenters. The molecular formula is C22H19N3OS. The third-order valence-electron chi connectivity index (χ3n) is 4.61. The van der Waals surface area contributed by atoms with Crippen molar-refractivity contribution in [2.45, 2.75) is 19.3 Å². The number of pyridine rings is 1. The van der Waals surface area contributed by atoms with E-state index >= 15 is 0 Å². The predicted molar refractivity (Wildman–Crippen MR) is 111 cm³/mol. The number of hydrogen-bond acceptors (Lipinski definition) is 4. The van der Waals surface area contributed by atoms with E-state index < -0.39 is 5.41 Å².